The monoisotopic (exact) mass is 333 g/mol. The molecule has 2 fully saturated rings. The molecule has 23 heavy (non-hydrogen) atoms. The summed E-state index contributed by atoms with van der Waals surface area (Å²) in [6.07, 6.45) is 6.43. The minimum absolute atomic E-state index is 0.210. The summed E-state index contributed by atoms with van der Waals surface area (Å²) in [5.41, 5.74) is 1.24. The summed E-state index contributed by atoms with van der Waals surface area (Å²) in [5.74, 6) is 1.79. The lowest BCUT2D eigenvalue weighted by molar-refractivity contribution is -0.147. The lowest BCUT2D eigenvalue weighted by Crippen LogP contribution is -2.59. The molecule has 4 atom stereocenters. The molecule has 0 N–H and O–H groups in total. The second-order valence-electron chi connectivity index (χ2n) is 7.10. The Morgan fingerprint density at radius 3 is 2.52 bits per heavy atom. The number of rotatable bonds is 3. The smallest absolute Gasteiger partial charge is 0.239 e. The van der Waals surface area contributed by atoms with Crippen molar-refractivity contribution in [1.82, 2.24) is 4.90 Å². The van der Waals surface area contributed by atoms with Crippen molar-refractivity contribution in [2.45, 2.75) is 56.4 Å². The molecule has 2 aliphatic heterocycles. The average Bonchev–Trinajstić information content (AvgIpc) is 2.59. The first-order valence-electron chi connectivity index (χ1n) is 8.52. The van der Waals surface area contributed by atoms with Crippen molar-refractivity contribution in [1.29, 1.82) is 0 Å². The summed E-state index contributed by atoms with van der Waals surface area (Å²) in [7, 11) is 1.69. The van der Waals surface area contributed by atoms with Gasteiger partial charge in [0.05, 0.1) is 17.9 Å². The molecule has 0 radical (unpaired) electrons. The topological polar surface area (TPSA) is 29.5 Å². The predicted octanol–water partition coefficient (Wildman–Crippen LogP) is 4.28. The van der Waals surface area contributed by atoms with Crippen LogP contribution in [0.2, 0.25) is 0 Å². The fourth-order valence-electron chi connectivity index (χ4n) is 4.12. The molecule has 4 heteroatoms. The minimum atomic E-state index is -0.266. The van der Waals surface area contributed by atoms with Gasteiger partial charge in [0.2, 0.25) is 5.91 Å². The van der Waals surface area contributed by atoms with Gasteiger partial charge in [-0.05, 0) is 62.5 Å². The number of ether oxygens (including phenoxy) is 1. The second-order valence-corrected chi connectivity index (χ2v) is 8.41. The number of amides is 1. The van der Waals surface area contributed by atoms with Crippen molar-refractivity contribution in [2.24, 2.45) is 5.92 Å². The fraction of sp³-hybridized carbons (Fsp3) is 0.632. The summed E-state index contributed by atoms with van der Waals surface area (Å²) in [4.78, 5) is 15.5. The molecule has 1 aromatic carbocycles. The third-order valence-corrected chi connectivity index (χ3v) is 7.08. The molecule has 2 saturated heterocycles. The Hall–Kier alpha value is -1.16. The molecule has 0 unspecified atom stereocenters. The highest BCUT2D eigenvalue weighted by Gasteiger charge is 2.49. The van der Waals surface area contributed by atoms with Gasteiger partial charge in [-0.2, -0.15) is 0 Å². The molecule has 1 amide bonds. The van der Waals surface area contributed by atoms with Crippen LogP contribution in [0.25, 0.3) is 0 Å². The second kappa shape index (κ2) is 6.39. The van der Waals surface area contributed by atoms with Gasteiger partial charge in [-0.1, -0.05) is 19.1 Å². The van der Waals surface area contributed by atoms with Gasteiger partial charge in [0, 0.05) is 6.04 Å². The Labute approximate surface area is 143 Å². The van der Waals surface area contributed by atoms with E-state index in [1.54, 1.807) is 18.9 Å². The molecular weight excluding hydrogens is 306 g/mol. The van der Waals surface area contributed by atoms with E-state index in [0.717, 1.165) is 25.0 Å². The lowest BCUT2D eigenvalue weighted by atomic mass is 9.77. The number of fused-ring (bicyclic) bond motifs is 1. The average molecular weight is 333 g/mol. The minimum Gasteiger partial charge on any atom is -0.497 e. The zero-order valence-corrected chi connectivity index (χ0v) is 15.4. The molecule has 1 aromatic rings. The Bertz CT molecular complexity index is 573. The lowest BCUT2D eigenvalue weighted by Gasteiger charge is -2.52. The van der Waals surface area contributed by atoms with E-state index in [0.29, 0.717) is 17.9 Å². The van der Waals surface area contributed by atoms with E-state index < -0.39 is 0 Å². The first kappa shape index (κ1) is 16.7. The van der Waals surface area contributed by atoms with Gasteiger partial charge >= 0.3 is 0 Å². The Morgan fingerprint density at radius 1 is 1.22 bits per heavy atom. The van der Waals surface area contributed by atoms with Crippen LogP contribution in [0.3, 0.4) is 0 Å². The Morgan fingerprint density at radius 2 is 1.91 bits per heavy atom. The van der Waals surface area contributed by atoms with E-state index in [9.17, 15) is 4.79 Å². The summed E-state index contributed by atoms with van der Waals surface area (Å²) in [5, 5.41) is 0. The van der Waals surface area contributed by atoms with Gasteiger partial charge in [0.1, 0.15) is 5.75 Å². The fourth-order valence-corrected chi connectivity index (χ4v) is 4.72. The van der Waals surface area contributed by atoms with E-state index in [1.165, 1.54) is 12.0 Å². The van der Waals surface area contributed by atoms with Crippen LogP contribution >= 0.6 is 11.8 Å². The molecule has 0 bridgehead atoms. The third-order valence-electron chi connectivity index (χ3n) is 5.80. The molecule has 3 nitrogen and oxygen atoms in total. The van der Waals surface area contributed by atoms with Crippen LogP contribution in [0.1, 0.15) is 51.1 Å². The van der Waals surface area contributed by atoms with Crippen molar-refractivity contribution >= 4 is 17.7 Å². The third kappa shape index (κ3) is 2.86. The number of benzene rings is 1. The number of thioether (sulfide) groups is 1. The van der Waals surface area contributed by atoms with Crippen molar-refractivity contribution in [2.75, 3.05) is 13.4 Å². The van der Waals surface area contributed by atoms with Gasteiger partial charge in [0.15, 0.2) is 0 Å². The first-order valence-corrected chi connectivity index (χ1v) is 9.74. The molecular formula is C19H27NO2S. The van der Waals surface area contributed by atoms with Crippen molar-refractivity contribution < 1.29 is 9.53 Å². The molecule has 2 heterocycles. The maximum atomic E-state index is 13.2. The Balaban J connectivity index is 1.94. The van der Waals surface area contributed by atoms with Crippen LogP contribution in [0, 0.1) is 5.92 Å². The van der Waals surface area contributed by atoms with Gasteiger partial charge in [-0.3, -0.25) is 4.79 Å². The number of nitrogens with zero attached hydrogens (tertiary/aromatic N) is 1. The number of methoxy groups -OCH3 is 1. The van der Waals surface area contributed by atoms with E-state index in [-0.39, 0.29) is 10.8 Å². The molecule has 3 rings (SSSR count). The van der Waals surface area contributed by atoms with E-state index in [4.69, 9.17) is 4.74 Å². The van der Waals surface area contributed by atoms with Crippen LogP contribution in [0.15, 0.2) is 24.3 Å². The summed E-state index contributed by atoms with van der Waals surface area (Å²) < 4.78 is 5.00. The van der Waals surface area contributed by atoms with Gasteiger partial charge < -0.3 is 9.64 Å². The maximum absolute atomic E-state index is 13.2. The molecule has 0 aliphatic carbocycles. The highest BCUT2D eigenvalue weighted by Crippen LogP contribution is 2.47. The van der Waals surface area contributed by atoms with Crippen molar-refractivity contribution in [3.05, 3.63) is 29.8 Å². The SMILES string of the molecule is COc1ccc([C@@H]2CC[C@@H](C)[C@H]3CC[C@@](C)(SC)C(=O)N32)cc1. The zero-order valence-electron chi connectivity index (χ0n) is 14.5. The molecule has 0 aromatic heterocycles. The van der Waals surface area contributed by atoms with Gasteiger partial charge in [-0.15, -0.1) is 11.8 Å². The van der Waals surface area contributed by atoms with Crippen LogP contribution < -0.4 is 4.74 Å². The molecule has 0 spiro atoms. The Kier molecular flexibility index (Phi) is 4.63. The van der Waals surface area contributed by atoms with Crippen LogP contribution in [-0.2, 0) is 4.79 Å². The van der Waals surface area contributed by atoms with Crippen LogP contribution in [0.5, 0.6) is 5.75 Å². The highest BCUT2D eigenvalue weighted by atomic mass is 32.2. The quantitative estimate of drug-likeness (QED) is 0.827. The summed E-state index contributed by atoms with van der Waals surface area (Å²) in [6.45, 7) is 4.41. The molecule has 126 valence electrons. The van der Waals surface area contributed by atoms with E-state index in [1.807, 2.05) is 12.1 Å². The summed E-state index contributed by atoms with van der Waals surface area (Å²) in [6, 6.07) is 8.85. The molecule has 0 saturated carbocycles. The van der Waals surface area contributed by atoms with Crippen molar-refractivity contribution in [3.8, 4) is 5.75 Å². The normalized spacial score (nSPS) is 34.2. The number of hydrogen-bond acceptors (Lipinski definition) is 3. The van der Waals surface area contributed by atoms with Gasteiger partial charge in [-0.25, -0.2) is 0 Å². The maximum Gasteiger partial charge on any atom is 0.239 e. The van der Waals surface area contributed by atoms with E-state index in [2.05, 4.69) is 37.1 Å². The summed E-state index contributed by atoms with van der Waals surface area (Å²) >= 11 is 1.71. The highest BCUT2D eigenvalue weighted by molar-refractivity contribution is 8.00. The van der Waals surface area contributed by atoms with Crippen LogP contribution in [-0.4, -0.2) is 35.0 Å². The van der Waals surface area contributed by atoms with Gasteiger partial charge in [0.25, 0.3) is 0 Å². The largest absolute Gasteiger partial charge is 0.497 e. The van der Waals surface area contributed by atoms with Crippen LogP contribution in [0.4, 0.5) is 0 Å². The first-order chi connectivity index (χ1) is 11.0. The van der Waals surface area contributed by atoms with Crippen molar-refractivity contribution in [3.63, 3.8) is 0 Å². The number of piperidine rings is 2. The number of hydrogen-bond donors (Lipinski definition) is 0. The zero-order chi connectivity index (χ0) is 16.6. The van der Waals surface area contributed by atoms with E-state index >= 15 is 0 Å². The number of carbonyl (C=O) groups is 1. The molecule has 2 aliphatic rings. The number of carbonyl (C=O) groups excluding carboxylic acids is 1. The standard InChI is InChI=1S/C19H27NO2S/c1-13-5-10-17(14-6-8-15(22-3)9-7-14)20-16(13)11-12-19(2,23-4)18(20)21/h6-9,13,16-17H,5,10-12H2,1-4H3/t13-,16-,17+,19-/m1/s1. The predicted molar refractivity (Wildman–Crippen MR) is 95.9 cm³/mol.